The van der Waals surface area contributed by atoms with Crippen LogP contribution >= 0.6 is 24.0 Å². The zero-order chi connectivity index (χ0) is 15.8. The molecule has 7 heteroatoms. The Balaban J connectivity index is 0.00000264. The highest BCUT2D eigenvalue weighted by atomic mass is 35.5. The van der Waals surface area contributed by atoms with Crippen LogP contribution in [0.4, 0.5) is 5.69 Å². The lowest BCUT2D eigenvalue weighted by molar-refractivity contribution is -0.124. The van der Waals surface area contributed by atoms with Crippen molar-refractivity contribution >= 4 is 41.5 Å². The fourth-order valence-corrected chi connectivity index (χ4v) is 2.64. The first-order chi connectivity index (χ1) is 10.6. The van der Waals surface area contributed by atoms with Crippen molar-refractivity contribution < 1.29 is 9.59 Å². The minimum absolute atomic E-state index is 0. The topological polar surface area (TPSA) is 70.2 Å². The molecule has 1 heterocycles. The highest BCUT2D eigenvalue weighted by Gasteiger charge is 2.14. The van der Waals surface area contributed by atoms with Crippen LogP contribution in [0.5, 0.6) is 0 Å². The third-order valence-electron chi connectivity index (χ3n) is 3.81. The highest BCUT2D eigenvalue weighted by molar-refractivity contribution is 6.30. The van der Waals surface area contributed by atoms with E-state index in [-0.39, 0.29) is 30.8 Å². The Morgan fingerprint density at radius 2 is 1.78 bits per heavy atom. The van der Waals surface area contributed by atoms with Crippen LogP contribution in [-0.2, 0) is 9.59 Å². The van der Waals surface area contributed by atoms with Crippen LogP contribution in [0.25, 0.3) is 0 Å². The second-order valence-electron chi connectivity index (χ2n) is 5.56. The van der Waals surface area contributed by atoms with Gasteiger partial charge in [-0.05, 0) is 62.5 Å². The summed E-state index contributed by atoms with van der Waals surface area (Å²) in [5.41, 5.74) is 0.665. The van der Waals surface area contributed by atoms with Crippen molar-refractivity contribution in [3.05, 3.63) is 29.3 Å². The monoisotopic (exact) mass is 359 g/mol. The molecule has 0 unspecified atom stereocenters. The largest absolute Gasteiger partial charge is 0.347 e. The Labute approximate surface area is 148 Å². The van der Waals surface area contributed by atoms with Crippen LogP contribution in [0, 0.1) is 5.92 Å². The molecule has 3 N–H and O–H groups in total. The van der Waals surface area contributed by atoms with E-state index in [2.05, 4.69) is 16.0 Å². The number of piperidine rings is 1. The molecule has 0 radical (unpaired) electrons. The van der Waals surface area contributed by atoms with E-state index in [0.717, 1.165) is 32.4 Å². The lowest BCUT2D eigenvalue weighted by Crippen LogP contribution is -2.33. The number of hydrogen-bond donors (Lipinski definition) is 3. The van der Waals surface area contributed by atoms with Gasteiger partial charge in [0, 0.05) is 17.1 Å². The number of hydrogen-bond acceptors (Lipinski definition) is 3. The van der Waals surface area contributed by atoms with E-state index in [1.165, 1.54) is 0 Å². The summed E-state index contributed by atoms with van der Waals surface area (Å²) in [5.74, 6) is 0.317. The zero-order valence-corrected chi connectivity index (χ0v) is 14.5. The lowest BCUT2D eigenvalue weighted by atomic mass is 9.93. The Morgan fingerprint density at radius 1 is 1.13 bits per heavy atom. The third-order valence-corrected chi connectivity index (χ3v) is 4.06. The average molecular weight is 360 g/mol. The molecule has 0 aromatic heterocycles. The van der Waals surface area contributed by atoms with Gasteiger partial charge in [-0.1, -0.05) is 11.6 Å². The van der Waals surface area contributed by atoms with Crippen LogP contribution in [0.1, 0.15) is 25.7 Å². The molecule has 0 bridgehead atoms. The lowest BCUT2D eigenvalue weighted by Gasteiger charge is -2.22. The van der Waals surface area contributed by atoms with Gasteiger partial charge in [-0.25, -0.2) is 0 Å². The van der Waals surface area contributed by atoms with Gasteiger partial charge in [0.05, 0.1) is 6.54 Å². The zero-order valence-electron chi connectivity index (χ0n) is 12.9. The van der Waals surface area contributed by atoms with Crippen LogP contribution in [0.3, 0.4) is 0 Å². The number of halogens is 2. The van der Waals surface area contributed by atoms with Crippen LogP contribution < -0.4 is 16.0 Å². The van der Waals surface area contributed by atoms with E-state index in [4.69, 9.17) is 11.6 Å². The molecule has 0 aliphatic carbocycles. The minimum Gasteiger partial charge on any atom is -0.347 e. The van der Waals surface area contributed by atoms with Crippen molar-refractivity contribution in [2.24, 2.45) is 5.92 Å². The van der Waals surface area contributed by atoms with Crippen LogP contribution in [0.2, 0.25) is 5.02 Å². The molecule has 0 saturated carbocycles. The van der Waals surface area contributed by atoms with E-state index in [9.17, 15) is 9.59 Å². The normalized spacial score (nSPS) is 14.7. The summed E-state index contributed by atoms with van der Waals surface area (Å²) in [6, 6.07) is 6.85. The highest BCUT2D eigenvalue weighted by Crippen LogP contribution is 2.17. The number of carbonyl (C=O) groups is 2. The summed E-state index contributed by atoms with van der Waals surface area (Å²) < 4.78 is 0. The maximum atomic E-state index is 11.8. The van der Waals surface area contributed by atoms with Crippen molar-refractivity contribution in [3.8, 4) is 0 Å². The first-order valence-electron chi connectivity index (χ1n) is 7.66. The quantitative estimate of drug-likeness (QED) is 0.730. The Kier molecular flexibility index (Phi) is 8.99. The van der Waals surface area contributed by atoms with Gasteiger partial charge in [0.25, 0.3) is 0 Å². The molecule has 2 rings (SSSR count). The van der Waals surface area contributed by atoms with E-state index in [1.807, 2.05) is 0 Å². The molecule has 1 aliphatic heterocycles. The Hall–Kier alpha value is -1.30. The Morgan fingerprint density at radius 3 is 2.43 bits per heavy atom. The molecule has 128 valence electrons. The molecule has 0 atom stereocenters. The molecule has 1 saturated heterocycles. The van der Waals surface area contributed by atoms with Gasteiger partial charge in [0.1, 0.15) is 0 Å². The number of benzene rings is 1. The summed E-state index contributed by atoms with van der Waals surface area (Å²) in [7, 11) is 0. The molecular formula is C16H23Cl2N3O2. The van der Waals surface area contributed by atoms with Crippen molar-refractivity contribution in [2.75, 3.05) is 25.0 Å². The van der Waals surface area contributed by atoms with Crippen LogP contribution in [-0.4, -0.2) is 31.4 Å². The van der Waals surface area contributed by atoms with Crippen molar-refractivity contribution in [1.82, 2.24) is 10.6 Å². The summed E-state index contributed by atoms with van der Waals surface area (Å²) >= 11 is 5.78. The van der Waals surface area contributed by atoms with E-state index >= 15 is 0 Å². The molecule has 1 aromatic carbocycles. The number of anilines is 1. The second kappa shape index (κ2) is 10.5. The predicted octanol–water partition coefficient (Wildman–Crippen LogP) is 2.60. The third kappa shape index (κ3) is 7.68. The molecule has 1 aliphatic rings. The maximum Gasteiger partial charge on any atom is 0.243 e. The summed E-state index contributed by atoms with van der Waals surface area (Å²) in [4.78, 5) is 23.5. The number of nitrogens with one attached hydrogen (secondary N) is 3. The smallest absolute Gasteiger partial charge is 0.243 e. The van der Waals surface area contributed by atoms with E-state index < -0.39 is 0 Å². The fraction of sp³-hybridized carbons (Fsp3) is 0.500. The fourth-order valence-electron chi connectivity index (χ4n) is 2.51. The molecule has 1 fully saturated rings. The molecule has 0 spiro atoms. The molecule has 2 amide bonds. The second-order valence-corrected chi connectivity index (χ2v) is 6.00. The predicted molar refractivity (Wildman–Crippen MR) is 95.2 cm³/mol. The molecule has 5 nitrogen and oxygen atoms in total. The van der Waals surface area contributed by atoms with Gasteiger partial charge in [-0.3, -0.25) is 9.59 Å². The maximum absolute atomic E-state index is 11.8. The van der Waals surface area contributed by atoms with Gasteiger partial charge in [-0.15, -0.1) is 12.4 Å². The minimum atomic E-state index is -0.238. The number of carbonyl (C=O) groups excluding carboxylic acids is 2. The first kappa shape index (κ1) is 19.7. The molecule has 23 heavy (non-hydrogen) atoms. The SMILES string of the molecule is Cl.O=C(CCC1CCNCC1)NCC(=O)Nc1ccc(Cl)cc1. The first-order valence-corrected chi connectivity index (χ1v) is 8.04. The van der Waals surface area contributed by atoms with Crippen molar-refractivity contribution in [1.29, 1.82) is 0 Å². The van der Waals surface area contributed by atoms with E-state index in [0.29, 0.717) is 23.0 Å². The van der Waals surface area contributed by atoms with E-state index in [1.54, 1.807) is 24.3 Å². The van der Waals surface area contributed by atoms with Crippen molar-refractivity contribution in [3.63, 3.8) is 0 Å². The molecule has 1 aromatic rings. The van der Waals surface area contributed by atoms with Gasteiger partial charge >= 0.3 is 0 Å². The van der Waals surface area contributed by atoms with Crippen molar-refractivity contribution in [2.45, 2.75) is 25.7 Å². The number of amides is 2. The van der Waals surface area contributed by atoms with Gasteiger partial charge in [-0.2, -0.15) is 0 Å². The molecular weight excluding hydrogens is 337 g/mol. The number of rotatable bonds is 6. The average Bonchev–Trinajstić information content (AvgIpc) is 2.54. The summed E-state index contributed by atoms with van der Waals surface area (Å²) in [5, 5.41) is 9.29. The summed E-state index contributed by atoms with van der Waals surface area (Å²) in [6.45, 7) is 2.07. The van der Waals surface area contributed by atoms with Gasteiger partial charge in [0.15, 0.2) is 0 Å². The van der Waals surface area contributed by atoms with Gasteiger partial charge in [0.2, 0.25) is 11.8 Å². The van der Waals surface area contributed by atoms with Gasteiger partial charge < -0.3 is 16.0 Å². The van der Waals surface area contributed by atoms with Crippen LogP contribution in [0.15, 0.2) is 24.3 Å². The summed E-state index contributed by atoms with van der Waals surface area (Å²) in [6.07, 6.45) is 3.64. The standard InChI is InChI=1S/C16H22ClN3O2.ClH/c17-13-2-4-14(5-3-13)20-16(22)11-19-15(21)6-1-12-7-9-18-10-8-12;/h2-5,12,18H,1,6-11H2,(H,19,21)(H,20,22);1H. The Bertz CT molecular complexity index is 503.